The second-order valence-electron chi connectivity index (χ2n) is 5.27. The van der Waals surface area contributed by atoms with Crippen LogP contribution in [0.25, 0.3) is 0 Å². The van der Waals surface area contributed by atoms with E-state index in [-0.39, 0.29) is 6.04 Å². The molecule has 0 fully saturated rings. The van der Waals surface area contributed by atoms with Crippen LogP contribution in [0.1, 0.15) is 39.3 Å². The van der Waals surface area contributed by atoms with E-state index in [4.69, 9.17) is 9.47 Å². The SMILES string of the molecule is CCOC[C@H](NC(=O)OC(C)(C)C)c1ccccc1. The minimum Gasteiger partial charge on any atom is -0.444 e. The summed E-state index contributed by atoms with van der Waals surface area (Å²) in [5.74, 6) is 0. The van der Waals surface area contributed by atoms with Crippen molar-refractivity contribution in [3.05, 3.63) is 35.9 Å². The first-order valence-electron chi connectivity index (χ1n) is 6.54. The van der Waals surface area contributed by atoms with Crippen molar-refractivity contribution in [1.29, 1.82) is 0 Å². The molecule has 1 N–H and O–H groups in total. The van der Waals surface area contributed by atoms with Gasteiger partial charge in [0.25, 0.3) is 0 Å². The first-order valence-corrected chi connectivity index (χ1v) is 6.54. The molecule has 0 bridgehead atoms. The second-order valence-corrected chi connectivity index (χ2v) is 5.27. The van der Waals surface area contributed by atoms with Gasteiger partial charge in [0.15, 0.2) is 0 Å². The molecule has 0 saturated carbocycles. The van der Waals surface area contributed by atoms with E-state index < -0.39 is 11.7 Å². The summed E-state index contributed by atoms with van der Waals surface area (Å²) in [5, 5.41) is 2.84. The van der Waals surface area contributed by atoms with Gasteiger partial charge in [-0.15, -0.1) is 0 Å². The monoisotopic (exact) mass is 265 g/mol. The Labute approximate surface area is 115 Å². The lowest BCUT2D eigenvalue weighted by molar-refractivity contribution is 0.0448. The summed E-state index contributed by atoms with van der Waals surface area (Å²) in [6, 6.07) is 9.53. The average Bonchev–Trinajstić information content (AvgIpc) is 2.33. The van der Waals surface area contributed by atoms with Crippen LogP contribution in [0.5, 0.6) is 0 Å². The van der Waals surface area contributed by atoms with Crippen LogP contribution in [-0.4, -0.2) is 24.9 Å². The molecule has 19 heavy (non-hydrogen) atoms. The van der Waals surface area contributed by atoms with E-state index in [9.17, 15) is 4.79 Å². The number of hydrogen-bond acceptors (Lipinski definition) is 3. The Morgan fingerprint density at radius 2 is 1.89 bits per heavy atom. The van der Waals surface area contributed by atoms with Crippen molar-refractivity contribution < 1.29 is 14.3 Å². The highest BCUT2D eigenvalue weighted by Crippen LogP contribution is 2.14. The Hall–Kier alpha value is -1.55. The van der Waals surface area contributed by atoms with Gasteiger partial charge in [-0.1, -0.05) is 30.3 Å². The maximum atomic E-state index is 11.8. The standard InChI is InChI=1S/C15H23NO3/c1-5-18-11-13(12-9-7-6-8-10-12)16-14(17)19-15(2,3)4/h6-10,13H,5,11H2,1-4H3,(H,16,17)/t13-/m0/s1. The van der Waals surface area contributed by atoms with Gasteiger partial charge in [-0.2, -0.15) is 0 Å². The molecule has 0 spiro atoms. The number of carbonyl (C=O) groups excluding carboxylic acids is 1. The summed E-state index contributed by atoms with van der Waals surface area (Å²) < 4.78 is 10.7. The number of benzene rings is 1. The predicted molar refractivity (Wildman–Crippen MR) is 75.0 cm³/mol. The summed E-state index contributed by atoms with van der Waals surface area (Å²) in [5.41, 5.74) is 0.499. The van der Waals surface area contributed by atoms with Gasteiger partial charge in [0.2, 0.25) is 0 Å². The first-order chi connectivity index (χ1) is 8.92. The van der Waals surface area contributed by atoms with E-state index in [1.54, 1.807) is 0 Å². The Morgan fingerprint density at radius 3 is 2.42 bits per heavy atom. The highest BCUT2D eigenvalue weighted by Gasteiger charge is 2.20. The Morgan fingerprint density at radius 1 is 1.26 bits per heavy atom. The molecular weight excluding hydrogens is 242 g/mol. The fraction of sp³-hybridized carbons (Fsp3) is 0.533. The van der Waals surface area contributed by atoms with E-state index in [1.165, 1.54) is 0 Å². The van der Waals surface area contributed by atoms with E-state index in [2.05, 4.69) is 5.32 Å². The molecule has 1 aromatic carbocycles. The van der Waals surface area contributed by atoms with E-state index in [1.807, 2.05) is 58.0 Å². The fourth-order valence-electron chi connectivity index (χ4n) is 1.59. The lowest BCUT2D eigenvalue weighted by Crippen LogP contribution is -2.36. The second kappa shape index (κ2) is 7.14. The van der Waals surface area contributed by atoms with Crippen LogP contribution < -0.4 is 5.32 Å². The third kappa shape index (κ3) is 6.25. The minimum absolute atomic E-state index is 0.198. The maximum absolute atomic E-state index is 11.8. The van der Waals surface area contributed by atoms with Crippen LogP contribution in [0.15, 0.2) is 30.3 Å². The van der Waals surface area contributed by atoms with E-state index in [0.717, 1.165) is 5.56 Å². The molecule has 1 rings (SSSR count). The molecule has 0 aromatic heterocycles. The molecule has 0 saturated heterocycles. The topological polar surface area (TPSA) is 47.6 Å². The summed E-state index contributed by atoms with van der Waals surface area (Å²) in [6.45, 7) is 8.49. The van der Waals surface area contributed by atoms with Crippen molar-refractivity contribution in [2.75, 3.05) is 13.2 Å². The lowest BCUT2D eigenvalue weighted by Gasteiger charge is -2.23. The number of amides is 1. The third-order valence-corrected chi connectivity index (χ3v) is 2.38. The molecule has 1 amide bonds. The number of carbonyl (C=O) groups is 1. The van der Waals surface area contributed by atoms with Crippen molar-refractivity contribution in [2.45, 2.75) is 39.3 Å². The summed E-state index contributed by atoms with van der Waals surface area (Å²) in [7, 11) is 0. The number of nitrogens with one attached hydrogen (secondary N) is 1. The van der Waals surface area contributed by atoms with Crippen molar-refractivity contribution in [3.8, 4) is 0 Å². The van der Waals surface area contributed by atoms with Crippen molar-refractivity contribution in [2.24, 2.45) is 0 Å². The molecule has 4 nitrogen and oxygen atoms in total. The van der Waals surface area contributed by atoms with Gasteiger partial charge in [-0.3, -0.25) is 0 Å². The fourth-order valence-corrected chi connectivity index (χ4v) is 1.59. The number of hydrogen-bond donors (Lipinski definition) is 1. The summed E-state index contributed by atoms with van der Waals surface area (Å²) in [6.07, 6.45) is -0.430. The quantitative estimate of drug-likeness (QED) is 0.888. The third-order valence-electron chi connectivity index (χ3n) is 2.38. The van der Waals surface area contributed by atoms with Crippen LogP contribution in [0.3, 0.4) is 0 Å². The minimum atomic E-state index is -0.503. The smallest absolute Gasteiger partial charge is 0.408 e. The highest BCUT2D eigenvalue weighted by molar-refractivity contribution is 5.68. The van der Waals surface area contributed by atoms with Crippen LogP contribution in [0, 0.1) is 0 Å². The van der Waals surface area contributed by atoms with Gasteiger partial charge in [-0.05, 0) is 33.3 Å². The van der Waals surface area contributed by atoms with Gasteiger partial charge < -0.3 is 14.8 Å². The largest absolute Gasteiger partial charge is 0.444 e. The zero-order chi connectivity index (χ0) is 14.3. The number of ether oxygens (including phenoxy) is 2. The Balaban J connectivity index is 2.67. The molecule has 0 aliphatic heterocycles. The zero-order valence-corrected chi connectivity index (χ0v) is 12.1. The summed E-state index contributed by atoms with van der Waals surface area (Å²) in [4.78, 5) is 11.8. The van der Waals surface area contributed by atoms with Gasteiger partial charge >= 0.3 is 6.09 Å². The van der Waals surface area contributed by atoms with Gasteiger partial charge in [0, 0.05) is 6.61 Å². The van der Waals surface area contributed by atoms with Gasteiger partial charge in [0.1, 0.15) is 5.60 Å². The van der Waals surface area contributed by atoms with Crippen molar-refractivity contribution in [3.63, 3.8) is 0 Å². The Kier molecular flexibility index (Phi) is 5.83. The van der Waals surface area contributed by atoms with E-state index >= 15 is 0 Å². The van der Waals surface area contributed by atoms with Crippen LogP contribution >= 0.6 is 0 Å². The predicted octanol–water partition coefficient (Wildman–Crippen LogP) is 3.29. The molecule has 1 aromatic rings. The van der Waals surface area contributed by atoms with Crippen LogP contribution in [0.2, 0.25) is 0 Å². The lowest BCUT2D eigenvalue weighted by atomic mass is 10.1. The first kappa shape index (κ1) is 15.5. The zero-order valence-electron chi connectivity index (χ0n) is 12.1. The van der Waals surface area contributed by atoms with Crippen molar-refractivity contribution in [1.82, 2.24) is 5.32 Å². The molecule has 106 valence electrons. The van der Waals surface area contributed by atoms with E-state index in [0.29, 0.717) is 13.2 Å². The maximum Gasteiger partial charge on any atom is 0.408 e. The van der Waals surface area contributed by atoms with Gasteiger partial charge in [0.05, 0.1) is 12.6 Å². The molecule has 0 unspecified atom stereocenters. The van der Waals surface area contributed by atoms with Gasteiger partial charge in [-0.25, -0.2) is 4.79 Å². The molecule has 1 atom stereocenters. The molecule has 4 heteroatoms. The van der Waals surface area contributed by atoms with Crippen molar-refractivity contribution >= 4 is 6.09 Å². The number of rotatable bonds is 5. The molecule has 0 aliphatic rings. The Bertz CT molecular complexity index is 384. The van der Waals surface area contributed by atoms with Crippen LogP contribution in [-0.2, 0) is 9.47 Å². The highest BCUT2D eigenvalue weighted by atomic mass is 16.6. The normalized spacial score (nSPS) is 12.8. The number of alkyl carbamates (subject to hydrolysis) is 1. The molecule has 0 aliphatic carbocycles. The van der Waals surface area contributed by atoms with Crippen LogP contribution in [0.4, 0.5) is 4.79 Å². The molecule has 0 radical (unpaired) electrons. The average molecular weight is 265 g/mol. The summed E-state index contributed by atoms with van der Waals surface area (Å²) >= 11 is 0. The molecular formula is C15H23NO3. The molecule has 0 heterocycles.